The Morgan fingerprint density at radius 3 is 1.84 bits per heavy atom. The maximum absolute atomic E-state index is 5.89. The fourth-order valence-electron chi connectivity index (χ4n) is 2.55. The monoisotopic (exact) mass is 294 g/mol. The Balaban J connectivity index is 4.16. The normalized spacial score (nSPS) is 13.7. The molecule has 0 saturated heterocycles. The molecule has 0 aromatic rings. The van der Waals surface area contributed by atoms with Gasteiger partial charge in [-0.05, 0) is 12.8 Å². The largest absolute Gasteiger partial charge is 0.331 e. The van der Waals surface area contributed by atoms with Crippen LogP contribution >= 0.6 is 11.6 Å². The van der Waals surface area contributed by atoms with Gasteiger partial charge in [-0.2, -0.15) is 0 Å². The van der Waals surface area contributed by atoms with E-state index in [9.17, 15) is 0 Å². The minimum Gasteiger partial charge on any atom is -0.331 e. The molecule has 116 valence electrons. The minimum absolute atomic E-state index is 0.177. The van der Waals surface area contributed by atoms with Crippen LogP contribution in [0, 0.1) is 5.92 Å². The zero-order chi connectivity index (χ0) is 14.6. The summed E-state index contributed by atoms with van der Waals surface area (Å²) in [6.45, 7) is 2.24. The van der Waals surface area contributed by atoms with Gasteiger partial charge < -0.3 is 14.2 Å². The molecule has 0 aromatic heterocycles. The summed E-state index contributed by atoms with van der Waals surface area (Å²) in [4.78, 5) is 0. The van der Waals surface area contributed by atoms with E-state index in [0.717, 1.165) is 12.8 Å². The lowest BCUT2D eigenvalue weighted by atomic mass is 9.95. The van der Waals surface area contributed by atoms with E-state index < -0.39 is 5.97 Å². The summed E-state index contributed by atoms with van der Waals surface area (Å²) < 4.78 is 16.3. The van der Waals surface area contributed by atoms with Gasteiger partial charge in [0.25, 0.3) is 5.97 Å². The van der Waals surface area contributed by atoms with Crippen molar-refractivity contribution in [1.29, 1.82) is 0 Å². The zero-order valence-electron chi connectivity index (χ0n) is 13.0. The second kappa shape index (κ2) is 12.0. The van der Waals surface area contributed by atoms with E-state index in [0.29, 0.717) is 5.88 Å². The summed E-state index contributed by atoms with van der Waals surface area (Å²) in [5.41, 5.74) is 0. The fraction of sp³-hybridized carbons (Fsp3) is 1.00. The second-order valence-electron chi connectivity index (χ2n) is 4.95. The molecule has 0 amide bonds. The first kappa shape index (κ1) is 19.2. The maximum atomic E-state index is 5.89. The molecule has 1 unspecified atom stereocenters. The predicted octanol–water partition coefficient (Wildman–Crippen LogP) is 4.58. The summed E-state index contributed by atoms with van der Waals surface area (Å²) in [5, 5.41) is 0. The average Bonchev–Trinajstić information content (AvgIpc) is 2.45. The van der Waals surface area contributed by atoms with Crippen LogP contribution in [-0.4, -0.2) is 33.2 Å². The van der Waals surface area contributed by atoms with Crippen molar-refractivity contribution in [3.8, 4) is 0 Å². The SMILES string of the molecule is CCCCCCCCC(CCCl)C(OC)(OC)OC. The molecule has 0 aromatic carbocycles. The van der Waals surface area contributed by atoms with Gasteiger partial charge in [0.05, 0.1) is 0 Å². The van der Waals surface area contributed by atoms with E-state index in [1.54, 1.807) is 21.3 Å². The van der Waals surface area contributed by atoms with Crippen LogP contribution < -0.4 is 0 Å². The van der Waals surface area contributed by atoms with Crippen molar-refractivity contribution in [1.82, 2.24) is 0 Å². The van der Waals surface area contributed by atoms with Gasteiger partial charge in [-0.25, -0.2) is 0 Å². The van der Waals surface area contributed by atoms with Crippen molar-refractivity contribution < 1.29 is 14.2 Å². The Labute approximate surface area is 123 Å². The van der Waals surface area contributed by atoms with Crippen LogP contribution in [0.3, 0.4) is 0 Å². The minimum atomic E-state index is -0.946. The molecular weight excluding hydrogens is 264 g/mol. The third-order valence-electron chi connectivity index (χ3n) is 3.72. The van der Waals surface area contributed by atoms with Gasteiger partial charge in [0.15, 0.2) is 0 Å². The van der Waals surface area contributed by atoms with Crippen LogP contribution in [0.2, 0.25) is 0 Å². The number of methoxy groups -OCH3 is 3. The number of halogens is 1. The number of alkyl halides is 1. The maximum Gasteiger partial charge on any atom is 0.285 e. The second-order valence-corrected chi connectivity index (χ2v) is 5.32. The summed E-state index contributed by atoms with van der Waals surface area (Å²) in [7, 11) is 4.86. The van der Waals surface area contributed by atoms with Crippen LogP contribution in [-0.2, 0) is 14.2 Å². The number of hydrogen-bond acceptors (Lipinski definition) is 3. The Bertz CT molecular complexity index is 188. The van der Waals surface area contributed by atoms with Crippen LogP contribution in [0.1, 0.15) is 58.3 Å². The number of unbranched alkanes of at least 4 members (excludes halogenated alkanes) is 5. The highest BCUT2D eigenvalue weighted by atomic mass is 35.5. The first-order valence-corrected chi connectivity index (χ1v) is 7.95. The average molecular weight is 295 g/mol. The molecule has 3 nitrogen and oxygen atoms in total. The van der Waals surface area contributed by atoms with E-state index >= 15 is 0 Å². The smallest absolute Gasteiger partial charge is 0.285 e. The van der Waals surface area contributed by atoms with Crippen molar-refractivity contribution >= 4 is 11.6 Å². The molecular formula is C15H31ClO3. The highest BCUT2D eigenvalue weighted by Gasteiger charge is 2.39. The van der Waals surface area contributed by atoms with E-state index in [4.69, 9.17) is 25.8 Å². The van der Waals surface area contributed by atoms with Gasteiger partial charge in [0.1, 0.15) is 0 Å². The Morgan fingerprint density at radius 2 is 1.37 bits per heavy atom. The molecule has 0 heterocycles. The fourth-order valence-corrected chi connectivity index (χ4v) is 2.81. The number of rotatable bonds is 13. The molecule has 0 spiro atoms. The predicted molar refractivity (Wildman–Crippen MR) is 80.6 cm³/mol. The summed E-state index contributed by atoms with van der Waals surface area (Å²) >= 11 is 5.89. The van der Waals surface area contributed by atoms with Crippen LogP contribution in [0.5, 0.6) is 0 Å². The molecule has 0 aliphatic rings. The van der Waals surface area contributed by atoms with Crippen LogP contribution in [0.4, 0.5) is 0 Å². The Morgan fingerprint density at radius 1 is 0.842 bits per heavy atom. The highest BCUT2D eigenvalue weighted by Crippen LogP contribution is 2.31. The van der Waals surface area contributed by atoms with Gasteiger partial charge in [-0.15, -0.1) is 11.6 Å². The van der Waals surface area contributed by atoms with Gasteiger partial charge in [0.2, 0.25) is 0 Å². The number of ether oxygens (including phenoxy) is 3. The van der Waals surface area contributed by atoms with Crippen molar-refractivity contribution in [2.24, 2.45) is 5.92 Å². The van der Waals surface area contributed by atoms with Crippen molar-refractivity contribution in [2.75, 3.05) is 27.2 Å². The molecule has 0 aliphatic heterocycles. The first-order chi connectivity index (χ1) is 9.20. The first-order valence-electron chi connectivity index (χ1n) is 7.42. The highest BCUT2D eigenvalue weighted by molar-refractivity contribution is 6.17. The summed E-state index contributed by atoms with van der Waals surface area (Å²) in [6.07, 6.45) is 9.55. The molecule has 4 heteroatoms. The van der Waals surface area contributed by atoms with Crippen LogP contribution in [0.15, 0.2) is 0 Å². The van der Waals surface area contributed by atoms with Crippen molar-refractivity contribution in [3.63, 3.8) is 0 Å². The van der Waals surface area contributed by atoms with Gasteiger partial charge in [-0.1, -0.05) is 45.4 Å². The molecule has 0 aliphatic carbocycles. The van der Waals surface area contributed by atoms with Gasteiger partial charge in [0, 0.05) is 33.1 Å². The lowest BCUT2D eigenvalue weighted by Crippen LogP contribution is -2.44. The van der Waals surface area contributed by atoms with Gasteiger partial charge in [-0.3, -0.25) is 0 Å². The summed E-state index contributed by atoms with van der Waals surface area (Å²) in [6, 6.07) is 0. The van der Waals surface area contributed by atoms with Gasteiger partial charge >= 0.3 is 0 Å². The molecule has 0 bridgehead atoms. The lowest BCUT2D eigenvalue weighted by Gasteiger charge is -2.36. The van der Waals surface area contributed by atoms with E-state index in [1.165, 1.54) is 38.5 Å². The number of hydrogen-bond donors (Lipinski definition) is 0. The third kappa shape index (κ3) is 6.94. The Kier molecular flexibility index (Phi) is 12.1. The topological polar surface area (TPSA) is 27.7 Å². The van der Waals surface area contributed by atoms with E-state index in [1.807, 2.05) is 0 Å². The molecule has 0 fully saturated rings. The van der Waals surface area contributed by atoms with Crippen molar-refractivity contribution in [2.45, 2.75) is 64.3 Å². The molecule has 0 N–H and O–H groups in total. The standard InChI is InChI=1S/C15H31ClO3/c1-5-6-7-8-9-10-11-14(12-13-16)15(17-2,18-3)19-4/h14H,5-13H2,1-4H3. The Hall–Kier alpha value is 0.170. The molecule has 0 saturated carbocycles. The van der Waals surface area contributed by atoms with Crippen LogP contribution in [0.25, 0.3) is 0 Å². The molecule has 19 heavy (non-hydrogen) atoms. The van der Waals surface area contributed by atoms with Crippen molar-refractivity contribution in [3.05, 3.63) is 0 Å². The van der Waals surface area contributed by atoms with E-state index in [2.05, 4.69) is 6.92 Å². The quantitative estimate of drug-likeness (QED) is 0.283. The molecule has 0 radical (unpaired) electrons. The lowest BCUT2D eigenvalue weighted by molar-refractivity contribution is -0.379. The summed E-state index contributed by atoms with van der Waals surface area (Å²) in [5.74, 6) is -0.174. The molecule has 1 atom stereocenters. The third-order valence-corrected chi connectivity index (χ3v) is 3.94. The zero-order valence-corrected chi connectivity index (χ0v) is 13.8. The molecule has 0 rings (SSSR count). The van der Waals surface area contributed by atoms with E-state index in [-0.39, 0.29) is 5.92 Å².